The van der Waals surface area contributed by atoms with E-state index < -0.39 is 28.6 Å². The molecule has 0 saturated carbocycles. The van der Waals surface area contributed by atoms with Crippen LogP contribution in [0, 0.1) is 0 Å². The Morgan fingerprint density at radius 2 is 2.00 bits per heavy atom. The summed E-state index contributed by atoms with van der Waals surface area (Å²) >= 11 is 0. The Kier molecular flexibility index (Phi) is 8.52. The van der Waals surface area contributed by atoms with Crippen molar-refractivity contribution in [1.29, 1.82) is 0 Å². The minimum atomic E-state index is -3.99. The Labute approximate surface area is 144 Å². The molecule has 21 heavy (non-hydrogen) atoms. The number of anilines is 1. The van der Waals surface area contributed by atoms with Gasteiger partial charge in [0.15, 0.2) is 0 Å². The fourth-order valence-corrected chi connectivity index (χ4v) is 2.28. The largest absolute Gasteiger partial charge is 1.00 e. The van der Waals surface area contributed by atoms with Crippen molar-refractivity contribution in [3.05, 3.63) is 24.3 Å². The molecule has 0 bridgehead atoms. The molecule has 0 aromatic heterocycles. The van der Waals surface area contributed by atoms with Crippen molar-refractivity contribution < 1.29 is 57.4 Å². The Bertz CT molecular complexity index is 604. The van der Waals surface area contributed by atoms with Gasteiger partial charge < -0.3 is 14.6 Å². The van der Waals surface area contributed by atoms with E-state index in [1.807, 2.05) is 4.72 Å². The van der Waals surface area contributed by atoms with E-state index in [-0.39, 0.29) is 46.7 Å². The zero-order chi connectivity index (χ0) is 15.2. The van der Waals surface area contributed by atoms with Crippen LogP contribution in [0.1, 0.15) is 6.92 Å². The summed E-state index contributed by atoms with van der Waals surface area (Å²) in [5.41, 5.74) is 0.208. The predicted molar refractivity (Wildman–Crippen MR) is 67.3 cm³/mol. The van der Waals surface area contributed by atoms with Gasteiger partial charge in [-0.25, -0.2) is 17.9 Å². The van der Waals surface area contributed by atoms with Gasteiger partial charge in [0.05, 0.1) is 24.0 Å². The van der Waals surface area contributed by atoms with E-state index in [1.54, 1.807) is 6.92 Å². The summed E-state index contributed by atoms with van der Waals surface area (Å²) in [5.74, 6) is -1.55. The number of sulfonamides is 1. The monoisotopic (exact) mass is 324 g/mol. The molecule has 0 unspecified atom stereocenters. The average molecular weight is 324 g/mol. The number of carbonyl (C=O) groups is 2. The van der Waals surface area contributed by atoms with E-state index in [0.29, 0.717) is 0 Å². The fraction of sp³-hybridized carbons (Fsp3) is 0.273. The maximum absolute atomic E-state index is 11.8. The fourth-order valence-electron chi connectivity index (χ4n) is 1.26. The van der Waals surface area contributed by atoms with E-state index in [9.17, 15) is 23.1 Å². The molecular formula is C11H13N2NaO6S. The van der Waals surface area contributed by atoms with Crippen LogP contribution in [0.5, 0.6) is 0 Å². The van der Waals surface area contributed by atoms with Gasteiger partial charge in [0, 0.05) is 5.69 Å². The Balaban J connectivity index is 0.00000400. The molecule has 0 saturated heterocycles. The summed E-state index contributed by atoms with van der Waals surface area (Å²) in [6.07, 6.45) is -0.718. The number of nitrogens with one attached hydrogen (secondary N) is 2. The molecule has 0 fully saturated rings. The van der Waals surface area contributed by atoms with Crippen molar-refractivity contribution in [1.82, 2.24) is 4.72 Å². The molecule has 0 spiro atoms. The summed E-state index contributed by atoms with van der Waals surface area (Å²) in [7, 11) is -3.99. The molecule has 2 N–H and O–H groups in total. The van der Waals surface area contributed by atoms with Crippen molar-refractivity contribution in [2.45, 2.75) is 11.8 Å². The van der Waals surface area contributed by atoms with Crippen LogP contribution in [0.3, 0.4) is 0 Å². The Morgan fingerprint density at radius 3 is 2.57 bits per heavy atom. The molecule has 0 aliphatic heterocycles. The van der Waals surface area contributed by atoms with Crippen molar-refractivity contribution in [2.75, 3.05) is 18.5 Å². The van der Waals surface area contributed by atoms with Gasteiger partial charge in [0.1, 0.15) is 0 Å². The van der Waals surface area contributed by atoms with Crippen LogP contribution < -0.4 is 44.7 Å². The number of hydrogen-bond donors (Lipinski definition) is 2. The molecule has 1 aromatic rings. The van der Waals surface area contributed by atoms with Gasteiger partial charge in [0.25, 0.3) is 0 Å². The number of amides is 1. The summed E-state index contributed by atoms with van der Waals surface area (Å²) < 4.78 is 30.0. The number of hydrogen-bond acceptors (Lipinski definition) is 6. The number of aliphatic carboxylic acids is 1. The van der Waals surface area contributed by atoms with Gasteiger partial charge in [0.2, 0.25) is 10.0 Å². The first-order valence-electron chi connectivity index (χ1n) is 5.58. The second-order valence-corrected chi connectivity index (χ2v) is 5.34. The van der Waals surface area contributed by atoms with Crippen LogP contribution in [0.15, 0.2) is 29.2 Å². The molecule has 110 valence electrons. The molecular weight excluding hydrogens is 311 g/mol. The Morgan fingerprint density at radius 1 is 1.33 bits per heavy atom. The van der Waals surface area contributed by atoms with Gasteiger partial charge in [-0.2, -0.15) is 0 Å². The number of carbonyl (C=O) groups excluding carboxylic acids is 2. The predicted octanol–water partition coefficient (Wildman–Crippen LogP) is -3.71. The molecule has 1 rings (SSSR count). The van der Waals surface area contributed by atoms with Crippen molar-refractivity contribution in [3.63, 3.8) is 0 Å². The summed E-state index contributed by atoms with van der Waals surface area (Å²) in [5, 5.41) is 12.6. The first kappa shape index (κ1) is 19.9. The summed E-state index contributed by atoms with van der Waals surface area (Å²) in [4.78, 5) is 21.3. The maximum atomic E-state index is 11.8. The molecule has 1 aromatic carbocycles. The van der Waals surface area contributed by atoms with Crippen LogP contribution >= 0.6 is 0 Å². The average Bonchev–Trinajstić information content (AvgIpc) is 2.37. The van der Waals surface area contributed by atoms with Gasteiger partial charge in [-0.15, -0.1) is 0 Å². The second-order valence-electron chi connectivity index (χ2n) is 3.57. The van der Waals surface area contributed by atoms with Crippen LogP contribution in [-0.2, 0) is 19.6 Å². The number of benzene rings is 1. The van der Waals surface area contributed by atoms with Gasteiger partial charge in [-0.1, -0.05) is 6.07 Å². The SMILES string of the molecule is CCOC(=O)Nc1cccc(S(=O)(=O)NCC(=O)[O-])c1.[Na+]. The normalized spacial score (nSPS) is 10.3. The third-order valence-electron chi connectivity index (χ3n) is 2.07. The molecule has 1 amide bonds. The molecule has 8 nitrogen and oxygen atoms in total. The molecule has 0 radical (unpaired) electrons. The molecule has 0 atom stereocenters. The van der Waals surface area contributed by atoms with E-state index in [0.717, 1.165) is 0 Å². The van der Waals surface area contributed by atoms with Gasteiger partial charge >= 0.3 is 35.7 Å². The molecule has 10 heteroatoms. The second kappa shape index (κ2) is 9.00. The van der Waals surface area contributed by atoms with Crippen molar-refractivity contribution >= 4 is 27.8 Å². The first-order chi connectivity index (χ1) is 9.35. The van der Waals surface area contributed by atoms with E-state index in [1.165, 1.54) is 24.3 Å². The topological polar surface area (TPSA) is 125 Å². The molecule has 0 aliphatic rings. The number of carboxylic acids is 1. The van der Waals surface area contributed by atoms with Crippen molar-refractivity contribution in [2.24, 2.45) is 0 Å². The number of carboxylic acid groups (broad SMARTS) is 1. The smallest absolute Gasteiger partial charge is 0.549 e. The number of rotatable bonds is 6. The first-order valence-corrected chi connectivity index (χ1v) is 7.07. The number of ether oxygens (including phenoxy) is 1. The quantitative estimate of drug-likeness (QED) is 0.519. The zero-order valence-electron chi connectivity index (χ0n) is 11.6. The minimum Gasteiger partial charge on any atom is -0.549 e. The minimum absolute atomic E-state index is 0. The van der Waals surface area contributed by atoms with Gasteiger partial charge in [-0.05, 0) is 25.1 Å². The third-order valence-corrected chi connectivity index (χ3v) is 3.47. The van der Waals surface area contributed by atoms with Crippen molar-refractivity contribution in [3.8, 4) is 0 Å². The van der Waals surface area contributed by atoms with E-state index in [2.05, 4.69) is 10.1 Å². The summed E-state index contributed by atoms with van der Waals surface area (Å²) in [6.45, 7) is 0.971. The van der Waals surface area contributed by atoms with Crippen LogP contribution in [0.2, 0.25) is 0 Å². The zero-order valence-corrected chi connectivity index (χ0v) is 14.4. The van der Waals surface area contributed by atoms with E-state index in [4.69, 9.17) is 0 Å². The summed E-state index contributed by atoms with van der Waals surface area (Å²) in [6, 6.07) is 5.30. The Hall–Kier alpha value is -1.13. The molecule has 0 heterocycles. The van der Waals surface area contributed by atoms with Crippen LogP contribution in [-0.4, -0.2) is 33.6 Å². The molecule has 0 aliphatic carbocycles. The standard InChI is InChI=1S/C11H14N2O6S.Na/c1-2-19-11(16)13-8-4-3-5-9(6-8)20(17,18)12-7-10(14)15;/h3-6,12H,2,7H2,1H3,(H,13,16)(H,14,15);/q;+1/p-1. The third kappa shape index (κ3) is 6.91. The maximum Gasteiger partial charge on any atom is 1.00 e. The van der Waals surface area contributed by atoms with Crippen LogP contribution in [0.4, 0.5) is 10.5 Å². The van der Waals surface area contributed by atoms with E-state index >= 15 is 0 Å². The van der Waals surface area contributed by atoms with Gasteiger partial charge in [-0.3, -0.25) is 5.32 Å². The van der Waals surface area contributed by atoms with Crippen LogP contribution in [0.25, 0.3) is 0 Å².